The molecule has 3 atom stereocenters. The summed E-state index contributed by atoms with van der Waals surface area (Å²) in [5.74, 6) is 2.64. The zero-order chi connectivity index (χ0) is 11.5. The van der Waals surface area contributed by atoms with Crippen LogP contribution in [0.15, 0.2) is 0 Å². The second-order valence-corrected chi connectivity index (χ2v) is 6.26. The van der Waals surface area contributed by atoms with E-state index in [9.17, 15) is 0 Å². The SMILES string of the molecule is CC(C)[C@H](N)CN1CC[C@@H]2CCCC[C@H]2C1. The molecule has 2 nitrogen and oxygen atoms in total. The lowest BCUT2D eigenvalue weighted by atomic mass is 9.75. The van der Waals surface area contributed by atoms with Crippen molar-refractivity contribution < 1.29 is 0 Å². The predicted molar refractivity (Wildman–Crippen MR) is 69.3 cm³/mol. The molecule has 2 heteroatoms. The molecule has 0 aromatic rings. The van der Waals surface area contributed by atoms with Gasteiger partial charge in [-0.1, -0.05) is 33.1 Å². The maximum Gasteiger partial charge on any atom is 0.0191 e. The van der Waals surface area contributed by atoms with Crippen molar-refractivity contribution >= 4 is 0 Å². The highest BCUT2D eigenvalue weighted by molar-refractivity contribution is 4.85. The standard InChI is InChI=1S/C14H28N2/c1-11(2)14(15)10-16-8-7-12-5-3-4-6-13(12)9-16/h11-14H,3-10,15H2,1-2H3/t12-,13-,14+/m0/s1. The van der Waals surface area contributed by atoms with E-state index in [4.69, 9.17) is 5.73 Å². The van der Waals surface area contributed by atoms with Crippen molar-refractivity contribution in [3.63, 3.8) is 0 Å². The molecule has 1 aliphatic carbocycles. The smallest absolute Gasteiger partial charge is 0.0191 e. The van der Waals surface area contributed by atoms with E-state index in [1.54, 1.807) is 0 Å². The van der Waals surface area contributed by atoms with E-state index in [0.717, 1.165) is 18.4 Å². The Morgan fingerprint density at radius 2 is 1.81 bits per heavy atom. The monoisotopic (exact) mass is 224 g/mol. The Hall–Kier alpha value is -0.0800. The maximum absolute atomic E-state index is 6.17. The number of piperidine rings is 1. The number of nitrogens with zero attached hydrogens (tertiary/aromatic N) is 1. The minimum absolute atomic E-state index is 0.361. The van der Waals surface area contributed by atoms with Crippen molar-refractivity contribution in [2.45, 2.75) is 52.0 Å². The molecule has 1 saturated heterocycles. The summed E-state index contributed by atoms with van der Waals surface area (Å²) in [6.07, 6.45) is 7.33. The largest absolute Gasteiger partial charge is 0.326 e. The van der Waals surface area contributed by atoms with Crippen LogP contribution in [-0.4, -0.2) is 30.6 Å². The number of hydrogen-bond acceptors (Lipinski definition) is 2. The van der Waals surface area contributed by atoms with Gasteiger partial charge < -0.3 is 10.6 Å². The van der Waals surface area contributed by atoms with E-state index >= 15 is 0 Å². The van der Waals surface area contributed by atoms with Gasteiger partial charge in [-0.15, -0.1) is 0 Å². The van der Waals surface area contributed by atoms with Crippen LogP contribution in [0.2, 0.25) is 0 Å². The third-order valence-electron chi connectivity index (χ3n) is 4.70. The van der Waals surface area contributed by atoms with Crippen LogP contribution >= 0.6 is 0 Å². The summed E-state index contributed by atoms with van der Waals surface area (Å²) in [7, 11) is 0. The summed E-state index contributed by atoms with van der Waals surface area (Å²) in [6.45, 7) is 8.20. The molecule has 1 saturated carbocycles. The first-order chi connectivity index (χ1) is 7.66. The van der Waals surface area contributed by atoms with Crippen molar-refractivity contribution in [2.75, 3.05) is 19.6 Å². The number of hydrogen-bond donors (Lipinski definition) is 1. The van der Waals surface area contributed by atoms with Gasteiger partial charge in [0.2, 0.25) is 0 Å². The van der Waals surface area contributed by atoms with Gasteiger partial charge in [0.05, 0.1) is 0 Å². The van der Waals surface area contributed by atoms with Gasteiger partial charge in [0.15, 0.2) is 0 Å². The Morgan fingerprint density at radius 3 is 2.50 bits per heavy atom. The summed E-state index contributed by atoms with van der Waals surface area (Å²) < 4.78 is 0. The lowest BCUT2D eigenvalue weighted by Gasteiger charge is -2.42. The molecule has 2 aliphatic rings. The summed E-state index contributed by atoms with van der Waals surface area (Å²) in [5, 5.41) is 0. The van der Waals surface area contributed by atoms with E-state index in [-0.39, 0.29) is 0 Å². The molecule has 16 heavy (non-hydrogen) atoms. The van der Waals surface area contributed by atoms with Gasteiger partial charge in [-0.3, -0.25) is 0 Å². The van der Waals surface area contributed by atoms with E-state index in [1.165, 1.54) is 45.2 Å². The van der Waals surface area contributed by atoms with E-state index in [2.05, 4.69) is 18.7 Å². The quantitative estimate of drug-likeness (QED) is 0.798. The molecule has 0 aromatic heterocycles. The zero-order valence-corrected chi connectivity index (χ0v) is 11.0. The summed E-state index contributed by atoms with van der Waals surface area (Å²) in [6, 6.07) is 0.361. The third-order valence-corrected chi connectivity index (χ3v) is 4.70. The fourth-order valence-electron chi connectivity index (χ4n) is 3.35. The van der Waals surface area contributed by atoms with Gasteiger partial charge in [-0.05, 0) is 37.1 Å². The average Bonchev–Trinajstić information content (AvgIpc) is 2.28. The Labute approximate surface area is 101 Å². The Bertz CT molecular complexity index is 215. The molecule has 0 unspecified atom stereocenters. The highest BCUT2D eigenvalue weighted by Crippen LogP contribution is 2.35. The van der Waals surface area contributed by atoms with Crippen LogP contribution in [0.4, 0.5) is 0 Å². The van der Waals surface area contributed by atoms with E-state index in [1.807, 2.05) is 0 Å². The van der Waals surface area contributed by atoms with Gasteiger partial charge >= 0.3 is 0 Å². The van der Waals surface area contributed by atoms with Crippen LogP contribution < -0.4 is 5.73 Å². The summed E-state index contributed by atoms with van der Waals surface area (Å²) >= 11 is 0. The van der Waals surface area contributed by atoms with Crippen LogP contribution in [0.5, 0.6) is 0 Å². The summed E-state index contributed by atoms with van der Waals surface area (Å²) in [5.41, 5.74) is 6.17. The van der Waals surface area contributed by atoms with Gasteiger partial charge in [0.1, 0.15) is 0 Å². The van der Waals surface area contributed by atoms with Crippen molar-refractivity contribution in [2.24, 2.45) is 23.5 Å². The molecule has 1 aliphatic heterocycles. The first-order valence-electron chi connectivity index (χ1n) is 7.14. The second kappa shape index (κ2) is 5.50. The molecule has 0 aromatic carbocycles. The summed E-state index contributed by atoms with van der Waals surface area (Å²) in [4.78, 5) is 2.62. The van der Waals surface area contributed by atoms with Crippen molar-refractivity contribution in [3.8, 4) is 0 Å². The van der Waals surface area contributed by atoms with Crippen LogP contribution in [0, 0.1) is 17.8 Å². The van der Waals surface area contributed by atoms with Gasteiger partial charge in [0.25, 0.3) is 0 Å². The number of nitrogens with two attached hydrogens (primary N) is 1. The Kier molecular flexibility index (Phi) is 4.26. The first kappa shape index (κ1) is 12.4. The maximum atomic E-state index is 6.17. The topological polar surface area (TPSA) is 29.3 Å². The molecule has 94 valence electrons. The first-order valence-corrected chi connectivity index (χ1v) is 7.14. The number of likely N-dealkylation sites (tertiary alicyclic amines) is 1. The molecule has 2 N–H and O–H groups in total. The van der Waals surface area contributed by atoms with Crippen LogP contribution in [0.1, 0.15) is 46.0 Å². The molecule has 0 bridgehead atoms. The normalized spacial score (nSPS) is 33.8. The average molecular weight is 224 g/mol. The third kappa shape index (κ3) is 2.98. The second-order valence-electron chi connectivity index (χ2n) is 6.26. The highest BCUT2D eigenvalue weighted by Gasteiger charge is 2.31. The van der Waals surface area contributed by atoms with Gasteiger partial charge in [-0.25, -0.2) is 0 Å². The molecular weight excluding hydrogens is 196 g/mol. The zero-order valence-electron chi connectivity index (χ0n) is 11.0. The van der Waals surface area contributed by atoms with Crippen molar-refractivity contribution in [3.05, 3.63) is 0 Å². The molecule has 2 rings (SSSR count). The van der Waals surface area contributed by atoms with E-state index in [0.29, 0.717) is 12.0 Å². The predicted octanol–water partition coefficient (Wildman–Crippen LogP) is 2.48. The van der Waals surface area contributed by atoms with Crippen LogP contribution in [-0.2, 0) is 0 Å². The van der Waals surface area contributed by atoms with E-state index < -0.39 is 0 Å². The number of rotatable bonds is 3. The molecule has 0 amide bonds. The fraction of sp³-hybridized carbons (Fsp3) is 1.00. The highest BCUT2D eigenvalue weighted by atomic mass is 15.1. The molecule has 1 heterocycles. The minimum atomic E-state index is 0.361. The molecular formula is C14H28N2. The van der Waals surface area contributed by atoms with Crippen LogP contribution in [0.3, 0.4) is 0 Å². The van der Waals surface area contributed by atoms with Gasteiger partial charge in [-0.2, -0.15) is 0 Å². The Morgan fingerprint density at radius 1 is 1.12 bits per heavy atom. The van der Waals surface area contributed by atoms with Crippen LogP contribution in [0.25, 0.3) is 0 Å². The lowest BCUT2D eigenvalue weighted by Crippen LogP contribution is -2.47. The lowest BCUT2D eigenvalue weighted by molar-refractivity contribution is 0.0794. The Balaban J connectivity index is 1.80. The van der Waals surface area contributed by atoms with Gasteiger partial charge in [0, 0.05) is 19.1 Å². The fourth-order valence-corrected chi connectivity index (χ4v) is 3.35. The minimum Gasteiger partial charge on any atom is -0.326 e. The molecule has 0 spiro atoms. The van der Waals surface area contributed by atoms with Crippen molar-refractivity contribution in [1.82, 2.24) is 4.90 Å². The molecule has 0 radical (unpaired) electrons. The number of fused-ring (bicyclic) bond motifs is 1. The molecule has 2 fully saturated rings. The van der Waals surface area contributed by atoms with Crippen molar-refractivity contribution in [1.29, 1.82) is 0 Å².